The Hall–Kier alpha value is -2.50. The maximum atomic E-state index is 11.6. The highest BCUT2D eigenvalue weighted by Gasteiger charge is 2.09. The van der Waals surface area contributed by atoms with Gasteiger partial charge < -0.3 is 9.84 Å². The fourth-order valence-electron chi connectivity index (χ4n) is 1.65. The normalized spacial score (nSPS) is 10.3. The number of methoxy groups -OCH3 is 1. The number of H-pyrrole nitrogens is 2. The first-order valence-corrected chi connectivity index (χ1v) is 5.27. The van der Waals surface area contributed by atoms with E-state index in [0.29, 0.717) is 5.75 Å². The van der Waals surface area contributed by atoms with Crippen LogP contribution < -0.4 is 16.0 Å². The molecule has 0 saturated carbocycles. The SMILES string of the molecule is COc1cccc(Cc2c(O)[nH]c(=O)[nH]c2=O)c1. The molecule has 94 valence electrons. The first kappa shape index (κ1) is 12.0. The summed E-state index contributed by atoms with van der Waals surface area (Å²) >= 11 is 0. The molecule has 18 heavy (non-hydrogen) atoms. The number of aromatic hydroxyl groups is 1. The van der Waals surface area contributed by atoms with E-state index in [1.54, 1.807) is 31.4 Å². The van der Waals surface area contributed by atoms with Gasteiger partial charge in [0, 0.05) is 6.42 Å². The Bertz CT molecular complexity index is 672. The van der Waals surface area contributed by atoms with Gasteiger partial charge in [-0.05, 0) is 17.7 Å². The van der Waals surface area contributed by atoms with Gasteiger partial charge in [0.2, 0.25) is 5.88 Å². The van der Waals surface area contributed by atoms with Crippen molar-refractivity contribution in [3.05, 3.63) is 56.2 Å². The molecule has 1 aromatic carbocycles. The molecule has 2 rings (SSSR count). The first-order chi connectivity index (χ1) is 8.60. The van der Waals surface area contributed by atoms with Crippen molar-refractivity contribution in [1.82, 2.24) is 9.97 Å². The third-order valence-electron chi connectivity index (χ3n) is 2.53. The van der Waals surface area contributed by atoms with E-state index in [1.165, 1.54) is 0 Å². The minimum absolute atomic E-state index is 0.114. The van der Waals surface area contributed by atoms with E-state index in [2.05, 4.69) is 9.97 Å². The van der Waals surface area contributed by atoms with Gasteiger partial charge in [-0.3, -0.25) is 14.8 Å². The van der Waals surface area contributed by atoms with Crippen molar-refractivity contribution in [2.24, 2.45) is 0 Å². The molecule has 1 aromatic heterocycles. The van der Waals surface area contributed by atoms with Gasteiger partial charge in [0.15, 0.2) is 0 Å². The number of nitrogens with one attached hydrogen (secondary N) is 2. The molecular formula is C12H12N2O4. The lowest BCUT2D eigenvalue weighted by molar-refractivity contribution is 0.414. The van der Waals surface area contributed by atoms with E-state index in [1.807, 2.05) is 0 Å². The zero-order valence-electron chi connectivity index (χ0n) is 9.69. The summed E-state index contributed by atoms with van der Waals surface area (Å²) in [4.78, 5) is 26.7. The Morgan fingerprint density at radius 2 is 2.06 bits per heavy atom. The lowest BCUT2D eigenvalue weighted by Gasteiger charge is -2.05. The number of hydrogen-bond acceptors (Lipinski definition) is 4. The molecule has 0 aliphatic heterocycles. The summed E-state index contributed by atoms with van der Waals surface area (Å²) in [7, 11) is 1.55. The van der Waals surface area contributed by atoms with Crippen LogP contribution in [-0.2, 0) is 6.42 Å². The van der Waals surface area contributed by atoms with Gasteiger partial charge in [-0.1, -0.05) is 12.1 Å². The van der Waals surface area contributed by atoms with Gasteiger partial charge in [0.25, 0.3) is 5.56 Å². The predicted octanol–water partition coefficient (Wildman–Crippen LogP) is 0.368. The average molecular weight is 248 g/mol. The van der Waals surface area contributed by atoms with Gasteiger partial charge in [0.05, 0.1) is 12.7 Å². The third kappa shape index (κ3) is 2.42. The fraction of sp³-hybridized carbons (Fsp3) is 0.167. The number of rotatable bonds is 3. The largest absolute Gasteiger partial charge is 0.497 e. The summed E-state index contributed by atoms with van der Waals surface area (Å²) in [6.07, 6.45) is 0.204. The van der Waals surface area contributed by atoms with Crippen LogP contribution in [0.2, 0.25) is 0 Å². The van der Waals surface area contributed by atoms with Crippen LogP contribution in [0.5, 0.6) is 11.6 Å². The van der Waals surface area contributed by atoms with Gasteiger partial charge in [-0.2, -0.15) is 0 Å². The van der Waals surface area contributed by atoms with Gasteiger partial charge >= 0.3 is 5.69 Å². The Labute approximate surface area is 102 Å². The van der Waals surface area contributed by atoms with Crippen LogP contribution in [0.15, 0.2) is 33.9 Å². The molecule has 0 spiro atoms. The van der Waals surface area contributed by atoms with Gasteiger partial charge in [0.1, 0.15) is 5.75 Å². The summed E-state index contributed by atoms with van der Waals surface area (Å²) in [5.41, 5.74) is -0.420. The number of ether oxygens (including phenoxy) is 1. The van der Waals surface area contributed by atoms with Crippen LogP contribution in [0.1, 0.15) is 11.1 Å². The minimum Gasteiger partial charge on any atom is -0.497 e. The van der Waals surface area contributed by atoms with Crippen molar-refractivity contribution >= 4 is 0 Å². The second-order valence-corrected chi connectivity index (χ2v) is 3.76. The Balaban J connectivity index is 2.40. The van der Waals surface area contributed by atoms with Gasteiger partial charge in [-0.25, -0.2) is 4.79 Å². The molecule has 6 nitrogen and oxygen atoms in total. The van der Waals surface area contributed by atoms with E-state index < -0.39 is 17.1 Å². The number of hydrogen-bond donors (Lipinski definition) is 3. The molecule has 6 heteroatoms. The van der Waals surface area contributed by atoms with E-state index in [-0.39, 0.29) is 12.0 Å². The maximum Gasteiger partial charge on any atom is 0.328 e. The summed E-state index contributed by atoms with van der Waals surface area (Å²) < 4.78 is 5.07. The van der Waals surface area contributed by atoms with Crippen LogP contribution in [-0.4, -0.2) is 22.2 Å². The van der Waals surface area contributed by atoms with Crippen molar-refractivity contribution in [3.8, 4) is 11.6 Å². The smallest absolute Gasteiger partial charge is 0.328 e. The molecule has 0 saturated heterocycles. The summed E-state index contributed by atoms with van der Waals surface area (Å²) in [5, 5.41) is 9.55. The quantitative estimate of drug-likeness (QED) is 0.731. The summed E-state index contributed by atoms with van der Waals surface area (Å²) in [6.45, 7) is 0. The number of benzene rings is 1. The van der Waals surface area contributed by atoms with Gasteiger partial charge in [-0.15, -0.1) is 0 Å². The standard InChI is InChI=1S/C12H12N2O4/c1-18-8-4-2-3-7(5-8)6-9-10(15)13-12(17)14-11(9)16/h2-5H,6H2,1H3,(H3,13,14,15,16,17). The summed E-state index contributed by atoms with van der Waals surface area (Å²) in [6, 6.07) is 7.11. The highest BCUT2D eigenvalue weighted by atomic mass is 16.5. The van der Waals surface area contributed by atoms with E-state index in [4.69, 9.17) is 4.74 Å². The van der Waals surface area contributed by atoms with Crippen molar-refractivity contribution < 1.29 is 9.84 Å². The zero-order valence-corrected chi connectivity index (χ0v) is 9.69. The highest BCUT2D eigenvalue weighted by molar-refractivity contribution is 5.34. The zero-order chi connectivity index (χ0) is 13.1. The lowest BCUT2D eigenvalue weighted by Crippen LogP contribution is -2.25. The number of aromatic nitrogens is 2. The molecule has 0 aliphatic rings. The second-order valence-electron chi connectivity index (χ2n) is 3.76. The van der Waals surface area contributed by atoms with Crippen LogP contribution >= 0.6 is 0 Å². The Morgan fingerprint density at radius 1 is 1.28 bits per heavy atom. The van der Waals surface area contributed by atoms with E-state index in [9.17, 15) is 14.7 Å². The maximum absolute atomic E-state index is 11.6. The van der Waals surface area contributed by atoms with Crippen LogP contribution in [0.3, 0.4) is 0 Å². The average Bonchev–Trinajstić information content (AvgIpc) is 2.34. The van der Waals surface area contributed by atoms with Crippen molar-refractivity contribution in [2.45, 2.75) is 6.42 Å². The van der Waals surface area contributed by atoms with Crippen LogP contribution in [0, 0.1) is 0 Å². The molecule has 0 atom stereocenters. The molecule has 0 amide bonds. The van der Waals surface area contributed by atoms with Crippen molar-refractivity contribution in [2.75, 3.05) is 7.11 Å². The molecule has 0 radical (unpaired) electrons. The van der Waals surface area contributed by atoms with Crippen molar-refractivity contribution in [1.29, 1.82) is 0 Å². The molecule has 3 N–H and O–H groups in total. The summed E-state index contributed by atoms with van der Waals surface area (Å²) in [5.74, 6) is 0.249. The van der Waals surface area contributed by atoms with Crippen LogP contribution in [0.25, 0.3) is 0 Å². The number of aromatic amines is 2. The first-order valence-electron chi connectivity index (χ1n) is 5.27. The molecular weight excluding hydrogens is 236 g/mol. The Morgan fingerprint density at radius 3 is 2.72 bits per heavy atom. The fourth-order valence-corrected chi connectivity index (χ4v) is 1.65. The predicted molar refractivity (Wildman–Crippen MR) is 65.1 cm³/mol. The third-order valence-corrected chi connectivity index (χ3v) is 2.53. The molecule has 2 aromatic rings. The molecule has 0 fully saturated rings. The monoisotopic (exact) mass is 248 g/mol. The molecule has 0 bridgehead atoms. The van der Waals surface area contributed by atoms with Crippen LogP contribution in [0.4, 0.5) is 0 Å². The molecule has 0 aliphatic carbocycles. The Kier molecular flexibility index (Phi) is 3.18. The van der Waals surface area contributed by atoms with Crippen molar-refractivity contribution in [3.63, 3.8) is 0 Å². The molecule has 0 unspecified atom stereocenters. The second kappa shape index (κ2) is 4.79. The van der Waals surface area contributed by atoms with E-state index in [0.717, 1.165) is 5.56 Å². The highest BCUT2D eigenvalue weighted by Crippen LogP contribution is 2.17. The topological polar surface area (TPSA) is 95.2 Å². The molecule has 1 heterocycles. The minimum atomic E-state index is -0.730. The van der Waals surface area contributed by atoms with E-state index >= 15 is 0 Å². The lowest BCUT2D eigenvalue weighted by atomic mass is 10.1.